The molecule has 21 heavy (non-hydrogen) atoms. The second-order valence-electron chi connectivity index (χ2n) is 5.80. The number of anilines is 1. The van der Waals surface area contributed by atoms with Gasteiger partial charge in [-0.3, -0.25) is 0 Å². The first-order valence-electron chi connectivity index (χ1n) is 7.21. The second kappa shape index (κ2) is 5.79. The minimum atomic E-state index is -2.71. The highest BCUT2D eigenvalue weighted by atomic mass is 28.4. The van der Waals surface area contributed by atoms with E-state index in [0.717, 1.165) is 5.69 Å². The van der Waals surface area contributed by atoms with Gasteiger partial charge in [-0.15, -0.1) is 0 Å². The number of nitrogens with one attached hydrogen (secondary N) is 1. The number of hydrogen-bond donors (Lipinski definition) is 1. The van der Waals surface area contributed by atoms with E-state index in [9.17, 15) is 0 Å². The van der Waals surface area contributed by atoms with E-state index < -0.39 is 8.72 Å². The largest absolute Gasteiger partial charge is 0.470 e. The quantitative estimate of drug-likeness (QED) is 0.819. The molecular formula is C17H25NO2Si. The highest BCUT2D eigenvalue weighted by Crippen LogP contribution is 2.53. The Balaban J connectivity index is 2.49. The van der Waals surface area contributed by atoms with Crippen LogP contribution in [0.3, 0.4) is 0 Å². The van der Waals surface area contributed by atoms with E-state index in [1.165, 1.54) is 16.7 Å². The van der Waals surface area contributed by atoms with E-state index >= 15 is 0 Å². The van der Waals surface area contributed by atoms with Crippen molar-refractivity contribution < 1.29 is 8.85 Å². The van der Waals surface area contributed by atoms with Crippen LogP contribution in [0.25, 0.3) is 0 Å². The zero-order valence-corrected chi connectivity index (χ0v) is 14.8. The molecule has 4 heteroatoms. The van der Waals surface area contributed by atoms with Gasteiger partial charge in [0.1, 0.15) is 0 Å². The van der Waals surface area contributed by atoms with Crippen LogP contribution in [0.2, 0.25) is 5.04 Å². The van der Waals surface area contributed by atoms with Crippen LogP contribution in [0.1, 0.15) is 27.7 Å². The summed E-state index contributed by atoms with van der Waals surface area (Å²) in [6.45, 7) is 8.70. The summed E-state index contributed by atoms with van der Waals surface area (Å²) >= 11 is 0. The fraction of sp³-hybridized carbons (Fsp3) is 0.412. The maximum absolute atomic E-state index is 5.97. The van der Waals surface area contributed by atoms with Crippen LogP contribution >= 0.6 is 0 Å². The Bertz CT molecular complexity index is 576. The van der Waals surface area contributed by atoms with Gasteiger partial charge < -0.3 is 13.8 Å². The molecule has 0 amide bonds. The predicted octanol–water partition coefficient (Wildman–Crippen LogP) is 4.39. The van der Waals surface area contributed by atoms with Crippen molar-refractivity contribution in [1.82, 2.24) is 0 Å². The molecule has 0 heterocycles. The van der Waals surface area contributed by atoms with Crippen LogP contribution in [0.4, 0.5) is 5.69 Å². The summed E-state index contributed by atoms with van der Waals surface area (Å²) in [6, 6.07) is 10.1. The summed E-state index contributed by atoms with van der Waals surface area (Å²) in [5.74, 6) is 0. The van der Waals surface area contributed by atoms with Crippen LogP contribution in [0, 0.1) is 0 Å². The van der Waals surface area contributed by atoms with Gasteiger partial charge in [0.05, 0.1) is 5.04 Å². The molecule has 1 atom stereocenters. The van der Waals surface area contributed by atoms with Gasteiger partial charge in [0.2, 0.25) is 0 Å². The molecule has 1 aliphatic carbocycles. The Morgan fingerprint density at radius 1 is 1.00 bits per heavy atom. The van der Waals surface area contributed by atoms with Gasteiger partial charge in [0, 0.05) is 19.9 Å². The molecule has 0 saturated heterocycles. The maximum atomic E-state index is 5.97. The summed E-state index contributed by atoms with van der Waals surface area (Å²) in [6.07, 6.45) is 2.28. The first-order valence-corrected chi connectivity index (χ1v) is 9.03. The molecular weight excluding hydrogens is 278 g/mol. The minimum Gasteiger partial charge on any atom is -0.381 e. The Morgan fingerprint density at radius 2 is 1.57 bits per heavy atom. The van der Waals surface area contributed by atoms with E-state index in [1.54, 1.807) is 14.2 Å². The van der Waals surface area contributed by atoms with E-state index in [2.05, 4.69) is 38.8 Å². The number of rotatable bonds is 5. The number of benzene rings is 1. The van der Waals surface area contributed by atoms with Crippen molar-refractivity contribution in [3.05, 3.63) is 53.1 Å². The van der Waals surface area contributed by atoms with Crippen molar-refractivity contribution in [1.29, 1.82) is 0 Å². The van der Waals surface area contributed by atoms with E-state index in [-0.39, 0.29) is 5.04 Å². The average Bonchev–Trinajstić information content (AvgIpc) is 2.70. The Hall–Kier alpha value is -1.36. The zero-order chi connectivity index (χ0) is 15.7. The molecule has 1 N–H and O–H groups in total. The Kier molecular flexibility index (Phi) is 4.42. The van der Waals surface area contributed by atoms with Gasteiger partial charge in [-0.2, -0.15) is 0 Å². The lowest BCUT2D eigenvalue weighted by Crippen LogP contribution is -2.57. The topological polar surface area (TPSA) is 30.5 Å². The molecule has 1 aliphatic rings. The highest BCUT2D eigenvalue weighted by Gasteiger charge is 2.57. The summed E-state index contributed by atoms with van der Waals surface area (Å²) in [7, 11) is 0.768. The average molecular weight is 303 g/mol. The molecule has 0 aliphatic heterocycles. The lowest BCUT2D eigenvalue weighted by Gasteiger charge is -2.41. The van der Waals surface area contributed by atoms with Gasteiger partial charge in [0.25, 0.3) is 0 Å². The molecule has 1 aromatic rings. The molecule has 1 unspecified atom stereocenters. The van der Waals surface area contributed by atoms with Crippen LogP contribution in [0.5, 0.6) is 0 Å². The molecule has 1 aromatic carbocycles. The van der Waals surface area contributed by atoms with Crippen molar-refractivity contribution in [2.75, 3.05) is 19.2 Å². The van der Waals surface area contributed by atoms with E-state index in [4.69, 9.17) is 8.85 Å². The molecule has 0 saturated carbocycles. The van der Waals surface area contributed by atoms with Crippen molar-refractivity contribution in [2.24, 2.45) is 0 Å². The lowest BCUT2D eigenvalue weighted by atomic mass is 10.0. The summed E-state index contributed by atoms with van der Waals surface area (Å²) in [4.78, 5) is 3.56. The number of para-hydroxylation sites is 1. The van der Waals surface area contributed by atoms with Crippen molar-refractivity contribution in [3.63, 3.8) is 0 Å². The van der Waals surface area contributed by atoms with Crippen molar-refractivity contribution in [3.8, 4) is 0 Å². The maximum Gasteiger partial charge on any atom is 0.470 e. The minimum absolute atomic E-state index is 0.236. The van der Waals surface area contributed by atoms with Crippen molar-refractivity contribution >= 4 is 14.4 Å². The Labute approximate surface area is 129 Å². The predicted molar refractivity (Wildman–Crippen MR) is 90.3 cm³/mol. The molecule has 0 spiro atoms. The van der Waals surface area contributed by atoms with E-state index in [1.807, 2.05) is 30.3 Å². The van der Waals surface area contributed by atoms with Gasteiger partial charge in [-0.1, -0.05) is 35.4 Å². The third-order valence-electron chi connectivity index (χ3n) is 4.78. The first kappa shape index (κ1) is 16.0. The molecule has 2 rings (SSSR count). The molecule has 0 bridgehead atoms. The second-order valence-corrected chi connectivity index (χ2v) is 9.13. The normalized spacial score (nSPS) is 22.5. The number of hydrogen-bond acceptors (Lipinski definition) is 3. The molecule has 0 radical (unpaired) electrons. The smallest absolute Gasteiger partial charge is 0.381 e. The molecule has 0 aromatic heterocycles. The van der Waals surface area contributed by atoms with Crippen molar-refractivity contribution in [2.45, 2.75) is 32.7 Å². The first-order chi connectivity index (χ1) is 9.90. The summed E-state index contributed by atoms with van der Waals surface area (Å²) < 4.78 is 11.9. The van der Waals surface area contributed by atoms with Gasteiger partial charge in [-0.05, 0) is 45.4 Å². The molecule has 114 valence electrons. The third kappa shape index (κ3) is 2.48. The zero-order valence-electron chi connectivity index (χ0n) is 13.8. The van der Waals surface area contributed by atoms with Crippen LogP contribution in [-0.2, 0) is 8.85 Å². The SMILES string of the molecule is CO[Si](Nc1ccccc1)(OC)C1(C)C=C(C)C(C)=C1C. The highest BCUT2D eigenvalue weighted by molar-refractivity contribution is 6.75. The third-order valence-corrected chi connectivity index (χ3v) is 8.43. The van der Waals surface area contributed by atoms with Crippen LogP contribution < -0.4 is 4.98 Å². The van der Waals surface area contributed by atoms with Gasteiger partial charge >= 0.3 is 8.72 Å². The van der Waals surface area contributed by atoms with Crippen LogP contribution in [0.15, 0.2) is 53.1 Å². The fourth-order valence-electron chi connectivity index (χ4n) is 3.13. The standard InChI is InChI=1S/C17H25NO2Si/c1-13-12-17(4,15(3)14(13)2)21(19-5,20-6)18-16-10-8-7-9-11-16/h7-12,18H,1-6H3. The summed E-state index contributed by atoms with van der Waals surface area (Å²) in [5, 5.41) is -0.236. The van der Waals surface area contributed by atoms with E-state index in [0.29, 0.717) is 0 Å². The number of allylic oxidation sites excluding steroid dienone is 4. The van der Waals surface area contributed by atoms with Gasteiger partial charge in [0.15, 0.2) is 0 Å². The monoisotopic (exact) mass is 303 g/mol. The van der Waals surface area contributed by atoms with Gasteiger partial charge in [-0.25, -0.2) is 0 Å². The lowest BCUT2D eigenvalue weighted by molar-refractivity contribution is 0.232. The Morgan fingerprint density at radius 3 is 2.00 bits per heavy atom. The van der Waals surface area contributed by atoms with Crippen LogP contribution in [-0.4, -0.2) is 22.9 Å². The summed E-state index contributed by atoms with van der Waals surface area (Å²) in [5.41, 5.74) is 4.98. The fourth-order valence-corrected chi connectivity index (χ4v) is 6.24. The molecule has 3 nitrogen and oxygen atoms in total. The molecule has 0 fully saturated rings.